The third kappa shape index (κ3) is 4.38. The molecule has 2 nitrogen and oxygen atoms in total. The molecule has 0 aliphatic carbocycles. The van der Waals surface area contributed by atoms with Gasteiger partial charge >= 0.3 is 0 Å². The van der Waals surface area contributed by atoms with Gasteiger partial charge in [0, 0.05) is 6.54 Å². The third-order valence-electron chi connectivity index (χ3n) is 2.32. The smallest absolute Gasteiger partial charge is 0.00171 e. The molecule has 0 spiro atoms. The van der Waals surface area contributed by atoms with Crippen LogP contribution in [0.4, 0.5) is 0 Å². The molecule has 0 bridgehead atoms. The number of hydrogen-bond donors (Lipinski definition) is 2. The van der Waals surface area contributed by atoms with Gasteiger partial charge in [0.1, 0.15) is 0 Å². The van der Waals surface area contributed by atoms with Crippen molar-refractivity contribution in [2.45, 2.75) is 33.6 Å². The van der Waals surface area contributed by atoms with E-state index in [-0.39, 0.29) is 0 Å². The molecule has 0 radical (unpaired) electrons. The molecule has 0 rings (SSSR count). The summed E-state index contributed by atoms with van der Waals surface area (Å²) in [7, 11) is 0. The standard InChI is InChI=1S/C9H22N2/c1-4-6-11-8-9(3,5-2)7-10/h11H,4-8,10H2,1-3H3. The van der Waals surface area contributed by atoms with E-state index in [0.29, 0.717) is 5.41 Å². The van der Waals surface area contributed by atoms with Crippen molar-refractivity contribution in [1.82, 2.24) is 5.32 Å². The van der Waals surface area contributed by atoms with Crippen molar-refractivity contribution in [2.75, 3.05) is 19.6 Å². The van der Waals surface area contributed by atoms with Gasteiger partial charge in [-0.2, -0.15) is 0 Å². The zero-order valence-electron chi connectivity index (χ0n) is 8.11. The van der Waals surface area contributed by atoms with Crippen LogP contribution in [0.2, 0.25) is 0 Å². The summed E-state index contributed by atoms with van der Waals surface area (Å²) in [6.07, 6.45) is 2.35. The maximum atomic E-state index is 5.66. The zero-order chi connectivity index (χ0) is 8.74. The lowest BCUT2D eigenvalue weighted by Crippen LogP contribution is -2.37. The first-order valence-corrected chi connectivity index (χ1v) is 4.59. The molecule has 0 heterocycles. The van der Waals surface area contributed by atoms with Crippen LogP contribution >= 0.6 is 0 Å². The van der Waals surface area contributed by atoms with Gasteiger partial charge in [0.05, 0.1) is 0 Å². The van der Waals surface area contributed by atoms with Crippen molar-refractivity contribution in [3.8, 4) is 0 Å². The van der Waals surface area contributed by atoms with E-state index in [1.54, 1.807) is 0 Å². The molecule has 0 saturated heterocycles. The lowest BCUT2D eigenvalue weighted by Gasteiger charge is -2.26. The van der Waals surface area contributed by atoms with Gasteiger partial charge in [0.15, 0.2) is 0 Å². The minimum atomic E-state index is 0.301. The molecule has 1 unspecified atom stereocenters. The first-order valence-electron chi connectivity index (χ1n) is 4.59. The Balaban J connectivity index is 3.51. The highest BCUT2D eigenvalue weighted by Gasteiger charge is 2.18. The van der Waals surface area contributed by atoms with Crippen LogP contribution in [0, 0.1) is 5.41 Å². The lowest BCUT2D eigenvalue weighted by molar-refractivity contribution is 0.304. The molecule has 0 aromatic carbocycles. The first kappa shape index (κ1) is 10.9. The predicted molar refractivity (Wildman–Crippen MR) is 50.6 cm³/mol. The molecule has 1 atom stereocenters. The normalized spacial score (nSPS) is 16.4. The fourth-order valence-electron chi connectivity index (χ4n) is 0.908. The number of nitrogens with two attached hydrogens (primary N) is 1. The number of rotatable bonds is 6. The van der Waals surface area contributed by atoms with Crippen LogP contribution in [0.25, 0.3) is 0 Å². The van der Waals surface area contributed by atoms with E-state index >= 15 is 0 Å². The van der Waals surface area contributed by atoms with Gasteiger partial charge in [0.2, 0.25) is 0 Å². The van der Waals surface area contributed by atoms with Crippen LogP contribution < -0.4 is 11.1 Å². The summed E-state index contributed by atoms with van der Waals surface area (Å²) >= 11 is 0. The largest absolute Gasteiger partial charge is 0.330 e. The second-order valence-electron chi connectivity index (χ2n) is 3.55. The second kappa shape index (κ2) is 5.56. The fourth-order valence-corrected chi connectivity index (χ4v) is 0.908. The Bertz CT molecular complexity index is 87.6. The van der Waals surface area contributed by atoms with E-state index in [1.807, 2.05) is 0 Å². The molecule has 0 aromatic rings. The molecule has 68 valence electrons. The molecule has 0 saturated carbocycles. The Morgan fingerprint density at radius 3 is 2.36 bits per heavy atom. The average Bonchev–Trinajstić information content (AvgIpc) is 2.05. The predicted octanol–water partition coefficient (Wildman–Crippen LogP) is 1.36. The molecule has 0 amide bonds. The fraction of sp³-hybridized carbons (Fsp3) is 1.00. The maximum absolute atomic E-state index is 5.66. The van der Waals surface area contributed by atoms with E-state index in [9.17, 15) is 0 Å². The Morgan fingerprint density at radius 1 is 1.36 bits per heavy atom. The monoisotopic (exact) mass is 158 g/mol. The van der Waals surface area contributed by atoms with Gasteiger partial charge in [0.25, 0.3) is 0 Å². The molecule has 11 heavy (non-hydrogen) atoms. The second-order valence-corrected chi connectivity index (χ2v) is 3.55. The molecular formula is C9H22N2. The number of hydrogen-bond acceptors (Lipinski definition) is 2. The summed E-state index contributed by atoms with van der Waals surface area (Å²) in [4.78, 5) is 0. The zero-order valence-corrected chi connectivity index (χ0v) is 8.11. The quantitative estimate of drug-likeness (QED) is 0.573. The molecule has 0 aliphatic rings. The summed E-state index contributed by atoms with van der Waals surface area (Å²) in [6, 6.07) is 0. The van der Waals surface area contributed by atoms with Crippen molar-refractivity contribution in [2.24, 2.45) is 11.1 Å². The van der Waals surface area contributed by atoms with Crippen molar-refractivity contribution < 1.29 is 0 Å². The van der Waals surface area contributed by atoms with E-state index in [0.717, 1.165) is 26.1 Å². The molecule has 0 aromatic heterocycles. The Labute approximate surface area is 70.5 Å². The van der Waals surface area contributed by atoms with Crippen molar-refractivity contribution >= 4 is 0 Å². The summed E-state index contributed by atoms with van der Waals surface area (Å²) in [5, 5.41) is 3.40. The molecule has 2 heteroatoms. The Morgan fingerprint density at radius 2 is 2.00 bits per heavy atom. The van der Waals surface area contributed by atoms with Crippen molar-refractivity contribution in [3.05, 3.63) is 0 Å². The SMILES string of the molecule is CCCNCC(C)(CC)CN. The van der Waals surface area contributed by atoms with Crippen molar-refractivity contribution in [3.63, 3.8) is 0 Å². The van der Waals surface area contributed by atoms with Gasteiger partial charge < -0.3 is 11.1 Å². The van der Waals surface area contributed by atoms with Crippen LogP contribution in [0.5, 0.6) is 0 Å². The van der Waals surface area contributed by atoms with E-state index in [1.165, 1.54) is 6.42 Å². The first-order chi connectivity index (χ1) is 5.18. The van der Waals surface area contributed by atoms with Crippen LogP contribution in [0.3, 0.4) is 0 Å². The highest BCUT2D eigenvalue weighted by atomic mass is 14.9. The van der Waals surface area contributed by atoms with Gasteiger partial charge in [-0.3, -0.25) is 0 Å². The van der Waals surface area contributed by atoms with E-state index in [2.05, 4.69) is 26.1 Å². The van der Waals surface area contributed by atoms with Crippen LogP contribution in [-0.2, 0) is 0 Å². The molecule has 0 aliphatic heterocycles. The summed E-state index contributed by atoms with van der Waals surface area (Å²) < 4.78 is 0. The summed E-state index contributed by atoms with van der Waals surface area (Å²) in [5.41, 5.74) is 5.96. The van der Waals surface area contributed by atoms with Crippen LogP contribution in [0.1, 0.15) is 33.6 Å². The summed E-state index contributed by atoms with van der Waals surface area (Å²) in [6.45, 7) is 9.54. The topological polar surface area (TPSA) is 38.0 Å². The van der Waals surface area contributed by atoms with E-state index < -0.39 is 0 Å². The molecule has 3 N–H and O–H groups in total. The lowest BCUT2D eigenvalue weighted by atomic mass is 9.88. The van der Waals surface area contributed by atoms with Gasteiger partial charge in [-0.05, 0) is 31.3 Å². The minimum Gasteiger partial charge on any atom is -0.330 e. The summed E-state index contributed by atoms with van der Waals surface area (Å²) in [5.74, 6) is 0. The third-order valence-corrected chi connectivity index (χ3v) is 2.32. The maximum Gasteiger partial charge on any atom is 0.00171 e. The molecule has 0 fully saturated rings. The number of nitrogens with one attached hydrogen (secondary N) is 1. The Kier molecular flexibility index (Phi) is 5.51. The average molecular weight is 158 g/mol. The Hall–Kier alpha value is -0.0800. The minimum absolute atomic E-state index is 0.301. The van der Waals surface area contributed by atoms with Gasteiger partial charge in [-0.25, -0.2) is 0 Å². The van der Waals surface area contributed by atoms with Crippen LogP contribution in [-0.4, -0.2) is 19.6 Å². The van der Waals surface area contributed by atoms with Gasteiger partial charge in [-0.1, -0.05) is 20.8 Å². The van der Waals surface area contributed by atoms with Crippen molar-refractivity contribution in [1.29, 1.82) is 0 Å². The molecular weight excluding hydrogens is 136 g/mol. The van der Waals surface area contributed by atoms with E-state index in [4.69, 9.17) is 5.73 Å². The highest BCUT2D eigenvalue weighted by Crippen LogP contribution is 2.16. The van der Waals surface area contributed by atoms with Gasteiger partial charge in [-0.15, -0.1) is 0 Å². The highest BCUT2D eigenvalue weighted by molar-refractivity contribution is 4.75. The van der Waals surface area contributed by atoms with Crippen LogP contribution in [0.15, 0.2) is 0 Å².